The Morgan fingerprint density at radius 1 is 0.970 bits per heavy atom. The van der Waals surface area contributed by atoms with Gasteiger partial charge in [0.05, 0.1) is 18.6 Å². The van der Waals surface area contributed by atoms with Crippen LogP contribution in [-0.2, 0) is 17.9 Å². The van der Waals surface area contributed by atoms with Crippen molar-refractivity contribution in [3.05, 3.63) is 98.9 Å². The predicted octanol–water partition coefficient (Wildman–Crippen LogP) is 8.13. The zero-order chi connectivity index (χ0) is 23.5. The molecule has 0 N–H and O–H groups in total. The summed E-state index contributed by atoms with van der Waals surface area (Å²) >= 11 is 14.8. The molecule has 0 unspecified atom stereocenters. The minimum Gasteiger partial charge on any atom is -0.487 e. The van der Waals surface area contributed by atoms with Crippen LogP contribution >= 0.6 is 84.5 Å². The summed E-state index contributed by atoms with van der Waals surface area (Å²) in [5, 5.41) is 0.335. The van der Waals surface area contributed by atoms with Crippen LogP contribution in [0.25, 0.3) is 6.08 Å². The highest BCUT2D eigenvalue weighted by Crippen LogP contribution is 2.35. The second-order valence-corrected chi connectivity index (χ2v) is 11.8. The van der Waals surface area contributed by atoms with E-state index in [2.05, 4.69) is 61.1 Å². The van der Waals surface area contributed by atoms with E-state index in [0.717, 1.165) is 45.8 Å². The first-order valence-electron chi connectivity index (χ1n) is 9.66. The third kappa shape index (κ3) is 6.33. The van der Waals surface area contributed by atoms with Crippen LogP contribution in [0.4, 0.5) is 4.79 Å². The van der Waals surface area contributed by atoms with Gasteiger partial charge in [-0.1, -0.05) is 51.8 Å². The Bertz CT molecular complexity index is 1230. The molecule has 0 atom stereocenters. The van der Waals surface area contributed by atoms with Crippen molar-refractivity contribution in [2.75, 3.05) is 0 Å². The second kappa shape index (κ2) is 11.1. The lowest BCUT2D eigenvalue weighted by Gasteiger charge is -2.13. The lowest BCUT2D eigenvalue weighted by molar-refractivity contribution is -0.123. The number of carbonyl (C=O) groups excluding carboxylic acids is 2. The topological polar surface area (TPSA) is 46.6 Å². The van der Waals surface area contributed by atoms with Crippen LogP contribution in [0.15, 0.2) is 70.0 Å². The fraction of sp³-hybridized carbons (Fsp3) is 0.0833. The van der Waals surface area contributed by atoms with Crippen molar-refractivity contribution in [2.24, 2.45) is 0 Å². The number of hydrogen-bond acceptors (Lipinski definition) is 4. The van der Waals surface area contributed by atoms with E-state index in [9.17, 15) is 9.59 Å². The van der Waals surface area contributed by atoms with Gasteiger partial charge in [0.25, 0.3) is 11.1 Å². The van der Waals surface area contributed by atoms with Gasteiger partial charge in [-0.05, 0) is 116 Å². The standard InChI is InChI=1S/C24H15BrClI2NO3S/c25-17-5-1-15(2-6-17)13-32-22-19(27)9-16(10-20(22)28)11-21-23(30)29(24(31)33-21)12-14-3-7-18(26)8-4-14/h1-11H,12-13H2/b21-11-. The van der Waals surface area contributed by atoms with Crippen molar-refractivity contribution in [1.82, 2.24) is 4.90 Å². The third-order valence-electron chi connectivity index (χ3n) is 4.74. The second-order valence-electron chi connectivity index (χ2n) is 7.12. The monoisotopic (exact) mass is 765 g/mol. The van der Waals surface area contributed by atoms with Gasteiger partial charge in [0.1, 0.15) is 12.4 Å². The molecule has 1 heterocycles. The Morgan fingerprint density at radius 2 is 1.58 bits per heavy atom. The van der Waals surface area contributed by atoms with Gasteiger partial charge in [-0.2, -0.15) is 0 Å². The Hall–Kier alpha value is -1.08. The molecule has 9 heteroatoms. The summed E-state index contributed by atoms with van der Waals surface area (Å²) in [6, 6.07) is 19.0. The fourth-order valence-corrected chi connectivity index (χ4v) is 6.45. The summed E-state index contributed by atoms with van der Waals surface area (Å²) in [6.45, 7) is 0.680. The van der Waals surface area contributed by atoms with E-state index in [1.807, 2.05) is 48.5 Å². The van der Waals surface area contributed by atoms with Gasteiger partial charge in [-0.3, -0.25) is 14.5 Å². The third-order valence-corrected chi connectivity index (χ3v) is 8.03. The Labute approximate surface area is 236 Å². The van der Waals surface area contributed by atoms with Crippen molar-refractivity contribution in [3.63, 3.8) is 0 Å². The normalized spacial score (nSPS) is 14.9. The molecule has 168 valence electrons. The quantitative estimate of drug-likeness (QED) is 0.188. The summed E-state index contributed by atoms with van der Waals surface area (Å²) in [4.78, 5) is 27.0. The van der Waals surface area contributed by atoms with Crippen LogP contribution in [0.1, 0.15) is 16.7 Å². The summed E-state index contributed by atoms with van der Waals surface area (Å²) in [6.07, 6.45) is 1.76. The predicted molar refractivity (Wildman–Crippen MR) is 153 cm³/mol. The maximum Gasteiger partial charge on any atom is 0.293 e. The number of thioether (sulfide) groups is 1. The number of ether oxygens (including phenoxy) is 1. The van der Waals surface area contributed by atoms with Gasteiger partial charge in [0.2, 0.25) is 0 Å². The molecule has 2 amide bonds. The van der Waals surface area contributed by atoms with Crippen molar-refractivity contribution < 1.29 is 14.3 Å². The van der Waals surface area contributed by atoms with E-state index in [4.69, 9.17) is 16.3 Å². The van der Waals surface area contributed by atoms with Crippen LogP contribution in [0.3, 0.4) is 0 Å². The maximum atomic E-state index is 12.9. The van der Waals surface area contributed by atoms with Gasteiger partial charge in [0, 0.05) is 9.50 Å². The fourth-order valence-electron chi connectivity index (χ4n) is 3.10. The molecule has 33 heavy (non-hydrogen) atoms. The smallest absolute Gasteiger partial charge is 0.293 e. The molecule has 0 saturated carbocycles. The maximum absolute atomic E-state index is 12.9. The zero-order valence-corrected chi connectivity index (χ0v) is 24.3. The molecule has 1 saturated heterocycles. The first kappa shape index (κ1) is 25.0. The zero-order valence-electron chi connectivity index (χ0n) is 16.9. The first-order valence-corrected chi connectivity index (χ1v) is 13.8. The Kier molecular flexibility index (Phi) is 8.42. The molecule has 0 radical (unpaired) electrons. The Morgan fingerprint density at radius 3 is 2.21 bits per heavy atom. The molecular weight excluding hydrogens is 751 g/mol. The minimum absolute atomic E-state index is 0.219. The molecule has 0 aromatic heterocycles. The van der Waals surface area contributed by atoms with E-state index < -0.39 is 0 Å². The average Bonchev–Trinajstić information content (AvgIpc) is 3.03. The highest BCUT2D eigenvalue weighted by molar-refractivity contribution is 14.1. The number of benzene rings is 3. The minimum atomic E-state index is -0.291. The molecule has 0 aliphatic carbocycles. The molecule has 3 aromatic rings. The number of amides is 2. The molecule has 4 rings (SSSR count). The average molecular weight is 767 g/mol. The molecule has 4 nitrogen and oxygen atoms in total. The molecule has 3 aromatic carbocycles. The highest BCUT2D eigenvalue weighted by atomic mass is 127. The van der Waals surface area contributed by atoms with E-state index in [0.29, 0.717) is 16.5 Å². The molecule has 1 aliphatic rings. The van der Waals surface area contributed by atoms with Gasteiger partial charge in [-0.15, -0.1) is 0 Å². The number of nitrogens with zero attached hydrogens (tertiary/aromatic N) is 1. The number of imide groups is 1. The van der Waals surface area contributed by atoms with Gasteiger partial charge in [-0.25, -0.2) is 0 Å². The molecule has 1 aliphatic heterocycles. The number of halogens is 4. The van der Waals surface area contributed by atoms with E-state index in [1.54, 1.807) is 18.2 Å². The van der Waals surface area contributed by atoms with Crippen molar-refractivity contribution in [1.29, 1.82) is 0 Å². The SMILES string of the molecule is O=C1S/C(=C\c2cc(I)c(OCc3ccc(Br)cc3)c(I)c2)C(=O)N1Cc1ccc(Cl)cc1. The van der Waals surface area contributed by atoms with Gasteiger partial charge < -0.3 is 4.74 Å². The molecule has 0 bridgehead atoms. The molecule has 1 fully saturated rings. The van der Waals surface area contributed by atoms with Crippen molar-refractivity contribution in [3.8, 4) is 5.75 Å². The highest BCUT2D eigenvalue weighted by Gasteiger charge is 2.35. The van der Waals surface area contributed by atoms with E-state index in [-0.39, 0.29) is 17.7 Å². The summed E-state index contributed by atoms with van der Waals surface area (Å²) in [5.41, 5.74) is 2.76. The number of carbonyl (C=O) groups is 2. The van der Waals surface area contributed by atoms with E-state index in [1.165, 1.54) is 4.90 Å². The first-order chi connectivity index (χ1) is 15.8. The van der Waals surface area contributed by atoms with Crippen LogP contribution in [0, 0.1) is 7.14 Å². The number of hydrogen-bond donors (Lipinski definition) is 0. The van der Waals surface area contributed by atoms with Crippen LogP contribution in [-0.4, -0.2) is 16.0 Å². The van der Waals surface area contributed by atoms with Crippen LogP contribution in [0.2, 0.25) is 5.02 Å². The summed E-state index contributed by atoms with van der Waals surface area (Å²) in [7, 11) is 0. The molecular formula is C24H15BrClI2NO3S. The lowest BCUT2D eigenvalue weighted by Crippen LogP contribution is -2.27. The summed E-state index contributed by atoms with van der Waals surface area (Å²) in [5.74, 6) is 0.507. The molecule has 0 spiro atoms. The van der Waals surface area contributed by atoms with Crippen LogP contribution in [0.5, 0.6) is 5.75 Å². The van der Waals surface area contributed by atoms with E-state index >= 15 is 0 Å². The number of rotatable bonds is 6. The van der Waals surface area contributed by atoms with Crippen molar-refractivity contribution in [2.45, 2.75) is 13.2 Å². The summed E-state index contributed by atoms with van der Waals surface area (Å²) < 4.78 is 8.95. The van der Waals surface area contributed by atoms with Crippen LogP contribution < -0.4 is 4.74 Å². The van der Waals surface area contributed by atoms with Gasteiger partial charge in [0.15, 0.2) is 0 Å². The Balaban J connectivity index is 1.49. The largest absolute Gasteiger partial charge is 0.487 e. The van der Waals surface area contributed by atoms with Gasteiger partial charge >= 0.3 is 0 Å². The van der Waals surface area contributed by atoms with Crippen molar-refractivity contribution >= 4 is 102 Å². The lowest BCUT2D eigenvalue weighted by atomic mass is 10.2.